The Morgan fingerprint density at radius 2 is 2.00 bits per heavy atom. The molecule has 0 saturated heterocycles. The molecule has 0 aromatic carbocycles. The van der Waals surface area contributed by atoms with Gasteiger partial charge in [0.25, 0.3) is 0 Å². The van der Waals surface area contributed by atoms with Crippen molar-refractivity contribution in [1.29, 1.82) is 0 Å². The summed E-state index contributed by atoms with van der Waals surface area (Å²) in [5, 5.41) is 12.6. The van der Waals surface area contributed by atoms with Crippen LogP contribution in [0.2, 0.25) is 0 Å². The summed E-state index contributed by atoms with van der Waals surface area (Å²) in [5.74, 6) is 0.0722. The number of hydrogen-bond donors (Lipinski definition) is 3. The zero-order chi connectivity index (χ0) is 11.8. The third kappa shape index (κ3) is 4.94. The molecule has 1 amide bonds. The quantitative estimate of drug-likeness (QED) is 0.592. The van der Waals surface area contributed by atoms with E-state index in [4.69, 9.17) is 5.73 Å². The van der Waals surface area contributed by atoms with E-state index in [0.29, 0.717) is 13.0 Å². The van der Waals surface area contributed by atoms with Gasteiger partial charge in [-0.3, -0.25) is 4.79 Å². The first-order valence-electron chi connectivity index (χ1n) is 6.41. The molecule has 0 unspecified atom stereocenters. The first kappa shape index (κ1) is 13.5. The minimum atomic E-state index is -0.346. The first-order chi connectivity index (χ1) is 7.74. The number of aliphatic hydroxyl groups excluding tert-OH is 1. The van der Waals surface area contributed by atoms with Crippen molar-refractivity contribution in [2.24, 2.45) is 5.73 Å². The second-order valence-corrected chi connectivity index (χ2v) is 4.63. The number of carbonyl (C=O) groups is 1. The van der Waals surface area contributed by atoms with Crippen LogP contribution in [0.25, 0.3) is 0 Å². The minimum absolute atomic E-state index is 0.0178. The Hall–Kier alpha value is -0.610. The molecule has 1 saturated carbocycles. The van der Waals surface area contributed by atoms with E-state index in [1.165, 1.54) is 0 Å². The van der Waals surface area contributed by atoms with Crippen LogP contribution in [0.3, 0.4) is 0 Å². The lowest BCUT2D eigenvalue weighted by Crippen LogP contribution is -2.44. The van der Waals surface area contributed by atoms with Crippen LogP contribution < -0.4 is 11.1 Å². The molecule has 16 heavy (non-hydrogen) atoms. The van der Waals surface area contributed by atoms with Gasteiger partial charge >= 0.3 is 0 Å². The van der Waals surface area contributed by atoms with E-state index in [1.807, 2.05) is 0 Å². The molecular formula is C12H24N2O2. The molecule has 0 spiro atoms. The number of carbonyl (C=O) groups excluding carboxylic acids is 1. The maximum Gasteiger partial charge on any atom is 0.220 e. The number of unbranched alkanes of at least 4 members (excludes halogenated alkanes) is 2. The lowest BCUT2D eigenvalue weighted by atomic mass is 9.92. The highest BCUT2D eigenvalue weighted by molar-refractivity contribution is 5.76. The molecule has 2 atom stereocenters. The molecule has 1 rings (SSSR count). The van der Waals surface area contributed by atoms with Crippen LogP contribution in [0.5, 0.6) is 0 Å². The Kier molecular flexibility index (Phi) is 6.42. The molecule has 0 aromatic heterocycles. The van der Waals surface area contributed by atoms with Crippen molar-refractivity contribution in [1.82, 2.24) is 5.32 Å². The van der Waals surface area contributed by atoms with Crippen LogP contribution in [-0.4, -0.2) is 29.7 Å². The topological polar surface area (TPSA) is 75.4 Å². The standard InChI is InChI=1S/C12H24N2O2/c13-9-5-1-2-8-12(16)14-10-6-3-4-7-11(10)15/h10-11,15H,1-9,13H2,(H,14,16)/t10-,11-/m1/s1. The maximum atomic E-state index is 11.6. The van der Waals surface area contributed by atoms with Crippen LogP contribution in [-0.2, 0) is 4.79 Å². The number of nitrogens with one attached hydrogen (secondary N) is 1. The maximum absolute atomic E-state index is 11.6. The van der Waals surface area contributed by atoms with Gasteiger partial charge in [-0.05, 0) is 32.2 Å². The molecular weight excluding hydrogens is 204 g/mol. The van der Waals surface area contributed by atoms with Crippen molar-refractivity contribution < 1.29 is 9.90 Å². The van der Waals surface area contributed by atoms with Crippen molar-refractivity contribution >= 4 is 5.91 Å². The van der Waals surface area contributed by atoms with Crippen molar-refractivity contribution in [2.75, 3.05) is 6.54 Å². The molecule has 0 radical (unpaired) electrons. The van der Waals surface area contributed by atoms with Crippen molar-refractivity contribution in [2.45, 2.75) is 63.5 Å². The Morgan fingerprint density at radius 1 is 1.25 bits per heavy atom. The monoisotopic (exact) mass is 228 g/mol. The van der Waals surface area contributed by atoms with E-state index in [-0.39, 0.29) is 18.1 Å². The summed E-state index contributed by atoms with van der Waals surface area (Å²) in [6.07, 6.45) is 7.01. The minimum Gasteiger partial charge on any atom is -0.391 e. The lowest BCUT2D eigenvalue weighted by molar-refractivity contribution is -0.123. The van der Waals surface area contributed by atoms with Gasteiger partial charge in [0.05, 0.1) is 12.1 Å². The zero-order valence-electron chi connectivity index (χ0n) is 9.95. The van der Waals surface area contributed by atoms with Crippen LogP contribution >= 0.6 is 0 Å². The molecule has 4 nitrogen and oxygen atoms in total. The van der Waals surface area contributed by atoms with E-state index in [2.05, 4.69) is 5.32 Å². The molecule has 0 bridgehead atoms. The van der Waals surface area contributed by atoms with E-state index >= 15 is 0 Å². The Morgan fingerprint density at radius 3 is 2.69 bits per heavy atom. The van der Waals surface area contributed by atoms with Crippen LogP contribution in [0.15, 0.2) is 0 Å². The van der Waals surface area contributed by atoms with E-state index < -0.39 is 0 Å². The molecule has 0 aromatic rings. The van der Waals surface area contributed by atoms with Gasteiger partial charge in [0.2, 0.25) is 5.91 Å². The smallest absolute Gasteiger partial charge is 0.220 e. The third-order valence-corrected chi connectivity index (χ3v) is 3.18. The van der Waals surface area contributed by atoms with Gasteiger partial charge in [0, 0.05) is 6.42 Å². The van der Waals surface area contributed by atoms with Gasteiger partial charge in [-0.2, -0.15) is 0 Å². The number of amides is 1. The fraction of sp³-hybridized carbons (Fsp3) is 0.917. The molecule has 1 fully saturated rings. The van der Waals surface area contributed by atoms with E-state index in [0.717, 1.165) is 44.9 Å². The highest BCUT2D eigenvalue weighted by Crippen LogP contribution is 2.18. The molecule has 0 heterocycles. The Labute approximate surface area is 97.6 Å². The SMILES string of the molecule is NCCCCCC(=O)N[C@@H]1CCCC[C@H]1O. The van der Waals surface area contributed by atoms with Gasteiger partial charge in [0.15, 0.2) is 0 Å². The van der Waals surface area contributed by atoms with Crippen LogP contribution in [0, 0.1) is 0 Å². The average Bonchev–Trinajstić information content (AvgIpc) is 2.28. The van der Waals surface area contributed by atoms with Crippen LogP contribution in [0.1, 0.15) is 51.4 Å². The number of aliphatic hydroxyl groups is 1. The molecule has 0 aliphatic heterocycles. The van der Waals surface area contributed by atoms with Gasteiger partial charge < -0.3 is 16.2 Å². The summed E-state index contributed by atoms with van der Waals surface area (Å²) in [5.41, 5.74) is 5.38. The fourth-order valence-corrected chi connectivity index (χ4v) is 2.17. The Bertz CT molecular complexity index is 209. The summed E-state index contributed by atoms with van der Waals surface area (Å²) < 4.78 is 0. The molecule has 1 aliphatic rings. The lowest BCUT2D eigenvalue weighted by Gasteiger charge is -2.28. The van der Waals surface area contributed by atoms with E-state index in [1.54, 1.807) is 0 Å². The number of rotatable bonds is 6. The molecule has 4 N–H and O–H groups in total. The highest BCUT2D eigenvalue weighted by atomic mass is 16.3. The third-order valence-electron chi connectivity index (χ3n) is 3.18. The summed E-state index contributed by atoms with van der Waals surface area (Å²) in [7, 11) is 0. The summed E-state index contributed by atoms with van der Waals surface area (Å²) in [6.45, 7) is 0.697. The highest BCUT2D eigenvalue weighted by Gasteiger charge is 2.23. The Balaban J connectivity index is 2.12. The van der Waals surface area contributed by atoms with Gasteiger partial charge in [-0.25, -0.2) is 0 Å². The fourth-order valence-electron chi connectivity index (χ4n) is 2.17. The molecule has 94 valence electrons. The summed E-state index contributed by atoms with van der Waals surface area (Å²) in [6, 6.07) is -0.0178. The van der Waals surface area contributed by atoms with E-state index in [9.17, 15) is 9.90 Å². The summed E-state index contributed by atoms with van der Waals surface area (Å²) in [4.78, 5) is 11.6. The van der Waals surface area contributed by atoms with Gasteiger partial charge in [0.1, 0.15) is 0 Å². The second-order valence-electron chi connectivity index (χ2n) is 4.63. The van der Waals surface area contributed by atoms with Crippen molar-refractivity contribution in [3.05, 3.63) is 0 Å². The van der Waals surface area contributed by atoms with Gasteiger partial charge in [-0.15, -0.1) is 0 Å². The largest absolute Gasteiger partial charge is 0.391 e. The predicted molar refractivity (Wildman–Crippen MR) is 63.9 cm³/mol. The number of hydrogen-bond acceptors (Lipinski definition) is 3. The molecule has 1 aliphatic carbocycles. The second kappa shape index (κ2) is 7.63. The van der Waals surface area contributed by atoms with Gasteiger partial charge in [-0.1, -0.05) is 19.3 Å². The molecule has 4 heteroatoms. The number of nitrogens with two attached hydrogens (primary N) is 1. The van der Waals surface area contributed by atoms with Crippen LogP contribution in [0.4, 0.5) is 0 Å². The predicted octanol–water partition coefficient (Wildman–Crippen LogP) is 0.925. The average molecular weight is 228 g/mol. The van der Waals surface area contributed by atoms with Crippen molar-refractivity contribution in [3.8, 4) is 0 Å². The first-order valence-corrected chi connectivity index (χ1v) is 6.41. The van der Waals surface area contributed by atoms with Crippen molar-refractivity contribution in [3.63, 3.8) is 0 Å². The normalized spacial score (nSPS) is 25.4. The summed E-state index contributed by atoms with van der Waals surface area (Å²) >= 11 is 0. The zero-order valence-corrected chi connectivity index (χ0v) is 9.95.